The summed E-state index contributed by atoms with van der Waals surface area (Å²) in [5.74, 6) is 0.340. The van der Waals surface area contributed by atoms with Crippen molar-refractivity contribution in [1.29, 1.82) is 0 Å². The van der Waals surface area contributed by atoms with Crippen molar-refractivity contribution < 1.29 is 18.3 Å². The first-order valence-corrected chi connectivity index (χ1v) is 6.55. The molecule has 0 aliphatic heterocycles. The van der Waals surface area contributed by atoms with E-state index in [1.807, 2.05) is 19.9 Å². The van der Waals surface area contributed by atoms with E-state index in [1.54, 1.807) is 24.3 Å². The van der Waals surface area contributed by atoms with Gasteiger partial charge in [0.15, 0.2) is 6.10 Å². The van der Waals surface area contributed by atoms with Gasteiger partial charge in [0.1, 0.15) is 0 Å². The van der Waals surface area contributed by atoms with Crippen LogP contribution < -0.4 is 0 Å². The Labute approximate surface area is 116 Å². The summed E-state index contributed by atoms with van der Waals surface area (Å²) in [5.41, 5.74) is 0.753. The number of aliphatic hydroxyl groups is 1. The van der Waals surface area contributed by atoms with Gasteiger partial charge >= 0.3 is 6.18 Å². The maximum Gasteiger partial charge on any atom is 0.418 e. The molecule has 0 saturated heterocycles. The van der Waals surface area contributed by atoms with Crippen LogP contribution in [0.4, 0.5) is 13.2 Å². The molecule has 0 aromatic heterocycles. The van der Waals surface area contributed by atoms with Crippen molar-refractivity contribution >= 4 is 10.8 Å². The second-order valence-electron chi connectivity index (χ2n) is 5.45. The first-order chi connectivity index (χ1) is 9.29. The largest absolute Gasteiger partial charge is 0.418 e. The van der Waals surface area contributed by atoms with Gasteiger partial charge in [-0.1, -0.05) is 50.2 Å². The minimum Gasteiger partial charge on any atom is -0.379 e. The smallest absolute Gasteiger partial charge is 0.379 e. The molecule has 0 bridgehead atoms. The predicted molar refractivity (Wildman–Crippen MR) is 73.5 cm³/mol. The van der Waals surface area contributed by atoms with Gasteiger partial charge in [-0.05, 0) is 34.2 Å². The Kier molecular flexibility index (Phi) is 4.04. The molecule has 0 aliphatic rings. The third-order valence-electron chi connectivity index (χ3n) is 3.20. The summed E-state index contributed by atoms with van der Waals surface area (Å²) >= 11 is 0. The highest BCUT2D eigenvalue weighted by atomic mass is 19.4. The molecule has 0 amide bonds. The van der Waals surface area contributed by atoms with Gasteiger partial charge in [-0.3, -0.25) is 0 Å². The minimum absolute atomic E-state index is 0.0637. The summed E-state index contributed by atoms with van der Waals surface area (Å²) in [6, 6.07) is 10.2. The molecule has 1 N–H and O–H groups in total. The van der Waals surface area contributed by atoms with Gasteiger partial charge < -0.3 is 5.11 Å². The van der Waals surface area contributed by atoms with Crippen LogP contribution >= 0.6 is 0 Å². The highest BCUT2D eigenvalue weighted by Gasteiger charge is 2.40. The molecule has 2 aromatic carbocycles. The van der Waals surface area contributed by atoms with E-state index in [2.05, 4.69) is 0 Å². The number of aliphatic hydroxyl groups excluding tert-OH is 1. The minimum atomic E-state index is -4.65. The lowest BCUT2D eigenvalue weighted by Crippen LogP contribution is -2.20. The van der Waals surface area contributed by atoms with E-state index in [1.165, 1.54) is 6.07 Å². The van der Waals surface area contributed by atoms with Crippen LogP contribution in [-0.2, 0) is 6.42 Å². The summed E-state index contributed by atoms with van der Waals surface area (Å²) in [4.78, 5) is 0. The SMILES string of the molecule is CC(C)Cc1cc(C(O)C(F)(F)F)c2ccccc2c1. The van der Waals surface area contributed by atoms with E-state index in [0.717, 1.165) is 10.9 Å². The lowest BCUT2D eigenvalue weighted by Gasteiger charge is -2.18. The van der Waals surface area contributed by atoms with Crippen LogP contribution in [0, 0.1) is 5.92 Å². The number of fused-ring (bicyclic) bond motifs is 1. The standard InChI is InChI=1S/C16H17F3O/c1-10(2)7-11-8-12-5-3-4-6-13(12)14(9-11)15(20)16(17,18)19/h3-6,8-10,15,20H,7H2,1-2H3. The molecular weight excluding hydrogens is 265 g/mol. The molecule has 0 spiro atoms. The van der Waals surface area contributed by atoms with Crippen molar-refractivity contribution in [1.82, 2.24) is 0 Å². The molecule has 108 valence electrons. The molecule has 0 fully saturated rings. The van der Waals surface area contributed by atoms with Crippen LogP contribution in [0.15, 0.2) is 36.4 Å². The van der Waals surface area contributed by atoms with Crippen LogP contribution in [0.1, 0.15) is 31.1 Å². The average molecular weight is 282 g/mol. The number of benzene rings is 2. The zero-order chi connectivity index (χ0) is 14.9. The molecule has 4 heteroatoms. The fraction of sp³-hybridized carbons (Fsp3) is 0.375. The fourth-order valence-electron chi connectivity index (χ4n) is 2.40. The van der Waals surface area contributed by atoms with Crippen LogP contribution in [0.25, 0.3) is 10.8 Å². The highest BCUT2D eigenvalue weighted by Crippen LogP contribution is 2.37. The molecule has 20 heavy (non-hydrogen) atoms. The topological polar surface area (TPSA) is 20.2 Å². The molecule has 0 aliphatic carbocycles. The summed E-state index contributed by atoms with van der Waals surface area (Å²) in [6.45, 7) is 4.02. The first-order valence-electron chi connectivity index (χ1n) is 6.55. The summed E-state index contributed by atoms with van der Waals surface area (Å²) in [5, 5.41) is 10.8. The maximum absolute atomic E-state index is 12.8. The van der Waals surface area contributed by atoms with Crippen LogP contribution in [-0.4, -0.2) is 11.3 Å². The van der Waals surface area contributed by atoms with Crippen molar-refractivity contribution in [3.8, 4) is 0 Å². The monoisotopic (exact) mass is 282 g/mol. The van der Waals surface area contributed by atoms with Crippen molar-refractivity contribution in [2.24, 2.45) is 5.92 Å². The normalized spacial score (nSPS) is 13.9. The quantitative estimate of drug-likeness (QED) is 0.870. The van der Waals surface area contributed by atoms with Gasteiger partial charge in [0, 0.05) is 0 Å². The number of hydrogen-bond donors (Lipinski definition) is 1. The van der Waals surface area contributed by atoms with Gasteiger partial charge in [0.05, 0.1) is 0 Å². The van der Waals surface area contributed by atoms with Gasteiger partial charge in [-0.15, -0.1) is 0 Å². The number of halogens is 3. The Morgan fingerprint density at radius 3 is 2.35 bits per heavy atom. The summed E-state index contributed by atoms with van der Waals surface area (Å²) in [6.07, 6.45) is -6.42. The van der Waals surface area contributed by atoms with Gasteiger partial charge in [0.25, 0.3) is 0 Å². The van der Waals surface area contributed by atoms with Crippen molar-refractivity contribution in [3.63, 3.8) is 0 Å². The third-order valence-corrected chi connectivity index (χ3v) is 3.20. The zero-order valence-electron chi connectivity index (χ0n) is 11.4. The molecule has 1 nitrogen and oxygen atoms in total. The molecular formula is C16H17F3O. The van der Waals surface area contributed by atoms with E-state index in [4.69, 9.17) is 0 Å². The Hall–Kier alpha value is -1.55. The van der Waals surface area contributed by atoms with E-state index in [9.17, 15) is 18.3 Å². The second kappa shape index (κ2) is 5.44. The lowest BCUT2D eigenvalue weighted by atomic mass is 9.93. The third kappa shape index (κ3) is 3.12. The van der Waals surface area contributed by atoms with Gasteiger partial charge in [-0.2, -0.15) is 13.2 Å². The van der Waals surface area contributed by atoms with Crippen molar-refractivity contribution in [2.45, 2.75) is 32.5 Å². The Bertz CT molecular complexity index is 602. The Morgan fingerprint density at radius 1 is 1.10 bits per heavy atom. The van der Waals surface area contributed by atoms with Gasteiger partial charge in [-0.25, -0.2) is 0 Å². The van der Waals surface area contributed by atoms with Crippen LogP contribution in [0.5, 0.6) is 0 Å². The molecule has 0 saturated carbocycles. The Balaban J connectivity index is 2.61. The molecule has 2 aromatic rings. The summed E-state index contributed by atoms with van der Waals surface area (Å²) < 4.78 is 38.4. The highest BCUT2D eigenvalue weighted by molar-refractivity contribution is 5.87. The number of alkyl halides is 3. The number of rotatable bonds is 3. The number of hydrogen-bond acceptors (Lipinski definition) is 1. The summed E-state index contributed by atoms with van der Waals surface area (Å²) in [7, 11) is 0. The fourth-order valence-corrected chi connectivity index (χ4v) is 2.40. The molecule has 1 atom stereocenters. The van der Waals surface area contributed by atoms with Crippen LogP contribution in [0.3, 0.4) is 0 Å². The maximum atomic E-state index is 12.8. The molecule has 1 unspecified atom stereocenters. The first kappa shape index (κ1) is 14.9. The van der Waals surface area contributed by atoms with E-state index >= 15 is 0 Å². The predicted octanol–water partition coefficient (Wildman–Crippen LogP) is 4.63. The van der Waals surface area contributed by atoms with Crippen molar-refractivity contribution in [2.75, 3.05) is 0 Å². The Morgan fingerprint density at radius 2 is 1.75 bits per heavy atom. The second-order valence-corrected chi connectivity index (χ2v) is 5.45. The van der Waals surface area contributed by atoms with E-state index < -0.39 is 12.3 Å². The van der Waals surface area contributed by atoms with E-state index in [0.29, 0.717) is 17.7 Å². The zero-order valence-corrected chi connectivity index (χ0v) is 11.4. The molecule has 0 radical (unpaired) electrons. The molecule has 2 rings (SSSR count). The van der Waals surface area contributed by atoms with Gasteiger partial charge in [0.2, 0.25) is 0 Å². The average Bonchev–Trinajstić information content (AvgIpc) is 2.35. The van der Waals surface area contributed by atoms with E-state index in [-0.39, 0.29) is 5.56 Å². The van der Waals surface area contributed by atoms with Crippen molar-refractivity contribution in [3.05, 3.63) is 47.5 Å². The van der Waals surface area contributed by atoms with Crippen LogP contribution in [0.2, 0.25) is 0 Å². The lowest BCUT2D eigenvalue weighted by molar-refractivity contribution is -0.206. The molecule has 0 heterocycles.